The van der Waals surface area contributed by atoms with Crippen molar-refractivity contribution in [3.05, 3.63) is 0 Å². The number of hydrogen-bond acceptors (Lipinski definition) is 0. The Morgan fingerprint density at radius 2 is 1.26 bits per heavy atom. The predicted molar refractivity (Wildman–Crippen MR) is 85.3 cm³/mol. The molecular formula is C19H36. The van der Waals surface area contributed by atoms with E-state index in [2.05, 4.69) is 20.8 Å². The second-order valence-electron chi connectivity index (χ2n) is 7.78. The second-order valence-corrected chi connectivity index (χ2v) is 7.78. The normalized spacial score (nSPS) is 33.0. The van der Waals surface area contributed by atoms with Crippen molar-refractivity contribution in [2.45, 2.75) is 91.4 Å². The molecule has 0 heteroatoms. The van der Waals surface area contributed by atoms with Gasteiger partial charge in [-0.3, -0.25) is 0 Å². The van der Waals surface area contributed by atoms with Crippen LogP contribution >= 0.6 is 0 Å². The SMILES string of the molecule is CCC1CCC(C(C)CC(C)C2CCCCC2)CC1. The predicted octanol–water partition coefficient (Wildman–Crippen LogP) is 6.45. The van der Waals surface area contributed by atoms with Crippen LogP contribution in [0.1, 0.15) is 91.4 Å². The highest BCUT2D eigenvalue weighted by atomic mass is 14.3. The van der Waals surface area contributed by atoms with Crippen LogP contribution in [0.2, 0.25) is 0 Å². The fourth-order valence-corrected chi connectivity index (χ4v) is 4.84. The summed E-state index contributed by atoms with van der Waals surface area (Å²) in [7, 11) is 0. The van der Waals surface area contributed by atoms with Crippen LogP contribution in [0.15, 0.2) is 0 Å². The molecule has 0 spiro atoms. The lowest BCUT2D eigenvalue weighted by Crippen LogP contribution is -2.24. The molecule has 0 aromatic carbocycles. The van der Waals surface area contributed by atoms with E-state index in [9.17, 15) is 0 Å². The molecule has 0 bridgehead atoms. The van der Waals surface area contributed by atoms with Gasteiger partial charge in [-0.05, 0) is 48.9 Å². The summed E-state index contributed by atoms with van der Waals surface area (Å²) in [4.78, 5) is 0. The van der Waals surface area contributed by atoms with Crippen LogP contribution in [0, 0.1) is 29.6 Å². The summed E-state index contributed by atoms with van der Waals surface area (Å²) in [6.45, 7) is 7.47. The van der Waals surface area contributed by atoms with Gasteiger partial charge in [0.1, 0.15) is 0 Å². The first kappa shape index (κ1) is 15.4. The Kier molecular flexibility index (Phi) is 6.23. The van der Waals surface area contributed by atoms with Gasteiger partial charge < -0.3 is 0 Å². The third kappa shape index (κ3) is 4.50. The minimum absolute atomic E-state index is 0.981. The highest BCUT2D eigenvalue weighted by molar-refractivity contribution is 4.79. The van der Waals surface area contributed by atoms with E-state index in [0.29, 0.717) is 0 Å². The zero-order valence-corrected chi connectivity index (χ0v) is 13.7. The average Bonchev–Trinajstić information content (AvgIpc) is 2.48. The second kappa shape index (κ2) is 7.70. The van der Waals surface area contributed by atoms with E-state index < -0.39 is 0 Å². The Morgan fingerprint density at radius 3 is 1.79 bits per heavy atom. The summed E-state index contributed by atoms with van der Waals surface area (Å²) in [5.41, 5.74) is 0. The third-order valence-corrected chi connectivity index (χ3v) is 6.47. The van der Waals surface area contributed by atoms with Crippen molar-refractivity contribution < 1.29 is 0 Å². The standard InChI is InChI=1S/C19H36/c1-4-17-10-12-19(13-11-17)16(3)14-15(2)18-8-6-5-7-9-18/h15-19H,4-14H2,1-3H3. The van der Waals surface area contributed by atoms with Gasteiger partial charge in [0.2, 0.25) is 0 Å². The van der Waals surface area contributed by atoms with Crippen LogP contribution < -0.4 is 0 Å². The molecule has 2 aliphatic rings. The first-order chi connectivity index (χ1) is 9.20. The lowest BCUT2D eigenvalue weighted by atomic mass is 9.71. The molecule has 112 valence electrons. The molecule has 19 heavy (non-hydrogen) atoms. The summed E-state index contributed by atoms with van der Waals surface area (Å²) in [6, 6.07) is 0. The van der Waals surface area contributed by atoms with Gasteiger partial charge in [-0.25, -0.2) is 0 Å². The maximum absolute atomic E-state index is 2.55. The lowest BCUT2D eigenvalue weighted by molar-refractivity contribution is 0.161. The van der Waals surface area contributed by atoms with Crippen LogP contribution in [0.5, 0.6) is 0 Å². The molecule has 0 amide bonds. The van der Waals surface area contributed by atoms with Gasteiger partial charge in [-0.2, -0.15) is 0 Å². The van der Waals surface area contributed by atoms with Crippen molar-refractivity contribution in [2.75, 3.05) is 0 Å². The molecule has 0 aromatic heterocycles. The molecule has 0 N–H and O–H groups in total. The lowest BCUT2D eigenvalue weighted by Gasteiger charge is -2.35. The minimum atomic E-state index is 0.981. The van der Waals surface area contributed by atoms with Crippen molar-refractivity contribution in [3.63, 3.8) is 0 Å². The third-order valence-electron chi connectivity index (χ3n) is 6.47. The van der Waals surface area contributed by atoms with Crippen molar-refractivity contribution in [1.29, 1.82) is 0 Å². The van der Waals surface area contributed by atoms with E-state index in [0.717, 1.165) is 29.6 Å². The van der Waals surface area contributed by atoms with Gasteiger partial charge in [0.25, 0.3) is 0 Å². The maximum atomic E-state index is 2.55. The molecule has 2 atom stereocenters. The highest BCUT2D eigenvalue weighted by Crippen LogP contribution is 2.39. The monoisotopic (exact) mass is 264 g/mol. The largest absolute Gasteiger partial charge is 0.0651 e. The van der Waals surface area contributed by atoms with Crippen molar-refractivity contribution in [2.24, 2.45) is 29.6 Å². The number of hydrogen-bond donors (Lipinski definition) is 0. The van der Waals surface area contributed by atoms with Gasteiger partial charge in [-0.15, -0.1) is 0 Å². The van der Waals surface area contributed by atoms with Crippen LogP contribution in [-0.4, -0.2) is 0 Å². The molecule has 0 saturated heterocycles. The zero-order valence-electron chi connectivity index (χ0n) is 13.7. The van der Waals surface area contributed by atoms with Crippen LogP contribution in [0.3, 0.4) is 0 Å². The molecule has 2 unspecified atom stereocenters. The summed E-state index contributed by atoms with van der Waals surface area (Å²) in [5, 5.41) is 0. The molecule has 2 rings (SSSR count). The Labute approximate surface area is 121 Å². The summed E-state index contributed by atoms with van der Waals surface area (Å²) >= 11 is 0. The Morgan fingerprint density at radius 1 is 0.737 bits per heavy atom. The first-order valence-corrected chi connectivity index (χ1v) is 9.20. The fourth-order valence-electron chi connectivity index (χ4n) is 4.84. The van der Waals surface area contributed by atoms with Gasteiger partial charge in [-0.1, -0.05) is 72.1 Å². The van der Waals surface area contributed by atoms with Crippen LogP contribution in [0.25, 0.3) is 0 Å². The molecular weight excluding hydrogens is 228 g/mol. The van der Waals surface area contributed by atoms with E-state index in [1.165, 1.54) is 70.6 Å². The molecule has 0 radical (unpaired) electrons. The van der Waals surface area contributed by atoms with Gasteiger partial charge in [0.15, 0.2) is 0 Å². The summed E-state index contributed by atoms with van der Waals surface area (Å²) in [6.07, 6.45) is 16.6. The maximum Gasteiger partial charge on any atom is -0.0388 e. The topological polar surface area (TPSA) is 0 Å². The van der Waals surface area contributed by atoms with Crippen LogP contribution in [0.4, 0.5) is 0 Å². The first-order valence-electron chi connectivity index (χ1n) is 9.20. The van der Waals surface area contributed by atoms with E-state index in [4.69, 9.17) is 0 Å². The Hall–Kier alpha value is 0. The summed E-state index contributed by atoms with van der Waals surface area (Å²) in [5.74, 6) is 5.13. The Balaban J connectivity index is 1.72. The van der Waals surface area contributed by atoms with Gasteiger partial charge >= 0.3 is 0 Å². The molecule has 0 heterocycles. The average molecular weight is 264 g/mol. The smallest absolute Gasteiger partial charge is 0.0388 e. The highest BCUT2D eigenvalue weighted by Gasteiger charge is 2.27. The number of rotatable bonds is 5. The molecule has 2 saturated carbocycles. The molecule has 2 fully saturated rings. The van der Waals surface area contributed by atoms with Crippen molar-refractivity contribution in [3.8, 4) is 0 Å². The van der Waals surface area contributed by atoms with Gasteiger partial charge in [0.05, 0.1) is 0 Å². The van der Waals surface area contributed by atoms with E-state index >= 15 is 0 Å². The van der Waals surface area contributed by atoms with E-state index in [1.807, 2.05) is 0 Å². The van der Waals surface area contributed by atoms with Crippen molar-refractivity contribution >= 4 is 0 Å². The zero-order chi connectivity index (χ0) is 13.7. The van der Waals surface area contributed by atoms with E-state index in [-0.39, 0.29) is 0 Å². The molecule has 2 aliphatic carbocycles. The summed E-state index contributed by atoms with van der Waals surface area (Å²) < 4.78 is 0. The molecule has 0 aliphatic heterocycles. The molecule has 0 nitrogen and oxygen atoms in total. The Bertz CT molecular complexity index is 230. The van der Waals surface area contributed by atoms with Crippen molar-refractivity contribution in [1.82, 2.24) is 0 Å². The van der Waals surface area contributed by atoms with E-state index in [1.54, 1.807) is 0 Å². The minimum Gasteiger partial charge on any atom is -0.0651 e. The quantitative estimate of drug-likeness (QED) is 0.535. The van der Waals surface area contributed by atoms with Crippen LogP contribution in [-0.2, 0) is 0 Å². The molecule has 0 aromatic rings. The fraction of sp³-hybridized carbons (Fsp3) is 1.00. The van der Waals surface area contributed by atoms with Gasteiger partial charge in [0, 0.05) is 0 Å².